The first-order valence-electron chi connectivity index (χ1n) is 8.94. The average Bonchev–Trinajstić information content (AvgIpc) is 2.56. The molecular formula is C22H28O4. The number of ether oxygens (including phenoxy) is 2. The van der Waals surface area contributed by atoms with Gasteiger partial charge in [0.15, 0.2) is 0 Å². The number of benzene rings is 2. The third-order valence-electron chi connectivity index (χ3n) is 4.12. The van der Waals surface area contributed by atoms with Crippen LogP contribution < -0.4 is 9.47 Å². The van der Waals surface area contributed by atoms with E-state index in [1.807, 2.05) is 24.3 Å². The third-order valence-corrected chi connectivity index (χ3v) is 4.12. The number of carbonyl (C=O) groups is 1. The summed E-state index contributed by atoms with van der Waals surface area (Å²) < 4.78 is 11.8. The molecule has 0 radical (unpaired) electrons. The van der Waals surface area contributed by atoms with Gasteiger partial charge in [0, 0.05) is 6.42 Å². The van der Waals surface area contributed by atoms with Gasteiger partial charge in [-0.05, 0) is 47.6 Å². The monoisotopic (exact) mass is 356 g/mol. The number of hydrogen-bond acceptors (Lipinski definition) is 3. The summed E-state index contributed by atoms with van der Waals surface area (Å²) in [5, 5.41) is 8.86. The van der Waals surface area contributed by atoms with E-state index in [1.54, 1.807) is 0 Å². The second-order valence-corrected chi connectivity index (χ2v) is 7.45. The number of carboxylic acids is 1. The molecule has 2 rings (SSSR count). The van der Waals surface area contributed by atoms with Crippen molar-refractivity contribution in [3.8, 4) is 11.5 Å². The SMILES string of the molecule is Cc1ccc(C(C)(C)C)c(OCCOc2ccccc2CCC(=O)O)c1. The highest BCUT2D eigenvalue weighted by molar-refractivity contribution is 5.67. The molecule has 0 spiro atoms. The van der Waals surface area contributed by atoms with Gasteiger partial charge < -0.3 is 14.6 Å². The molecule has 2 aromatic rings. The van der Waals surface area contributed by atoms with Crippen molar-refractivity contribution in [2.45, 2.75) is 46.0 Å². The summed E-state index contributed by atoms with van der Waals surface area (Å²) >= 11 is 0. The molecule has 0 fully saturated rings. The maximum absolute atomic E-state index is 10.8. The van der Waals surface area contributed by atoms with Crippen LogP contribution in [0.4, 0.5) is 0 Å². The molecule has 4 nitrogen and oxygen atoms in total. The molecular weight excluding hydrogens is 328 g/mol. The van der Waals surface area contributed by atoms with E-state index in [0.29, 0.717) is 19.6 Å². The second kappa shape index (κ2) is 8.75. The van der Waals surface area contributed by atoms with Crippen LogP contribution in [0.15, 0.2) is 42.5 Å². The first kappa shape index (κ1) is 19.8. The Balaban J connectivity index is 1.96. The van der Waals surface area contributed by atoms with E-state index in [4.69, 9.17) is 14.6 Å². The van der Waals surface area contributed by atoms with Gasteiger partial charge in [-0.2, -0.15) is 0 Å². The topological polar surface area (TPSA) is 55.8 Å². The molecule has 0 aliphatic heterocycles. The van der Waals surface area contributed by atoms with Crippen LogP contribution in [0.25, 0.3) is 0 Å². The number of rotatable bonds is 8. The number of para-hydroxylation sites is 1. The van der Waals surface area contributed by atoms with E-state index in [0.717, 1.165) is 22.6 Å². The van der Waals surface area contributed by atoms with Gasteiger partial charge in [0.05, 0.1) is 0 Å². The fourth-order valence-corrected chi connectivity index (χ4v) is 2.76. The largest absolute Gasteiger partial charge is 0.490 e. The number of aliphatic carboxylic acids is 1. The standard InChI is InChI=1S/C22H28O4/c1-16-9-11-18(22(2,3)4)20(15-16)26-14-13-25-19-8-6-5-7-17(19)10-12-21(23)24/h5-9,11,15H,10,12-14H2,1-4H3,(H,23,24). The van der Waals surface area contributed by atoms with Crippen molar-refractivity contribution in [3.05, 3.63) is 59.2 Å². The molecule has 0 bridgehead atoms. The molecule has 0 aliphatic carbocycles. The predicted octanol–water partition coefficient (Wildman–Crippen LogP) is 4.77. The minimum atomic E-state index is -0.808. The zero-order valence-corrected chi connectivity index (χ0v) is 16.0. The van der Waals surface area contributed by atoms with Crippen molar-refractivity contribution in [3.63, 3.8) is 0 Å². The van der Waals surface area contributed by atoms with Crippen molar-refractivity contribution in [2.75, 3.05) is 13.2 Å². The quantitative estimate of drug-likeness (QED) is 0.692. The summed E-state index contributed by atoms with van der Waals surface area (Å²) in [6.07, 6.45) is 0.549. The van der Waals surface area contributed by atoms with Gasteiger partial charge in [-0.15, -0.1) is 0 Å². The number of carboxylic acid groups (broad SMARTS) is 1. The molecule has 0 aromatic heterocycles. The maximum Gasteiger partial charge on any atom is 0.303 e. The Morgan fingerprint density at radius 1 is 1.00 bits per heavy atom. The summed E-state index contributed by atoms with van der Waals surface area (Å²) in [4.78, 5) is 10.8. The van der Waals surface area contributed by atoms with Crippen molar-refractivity contribution in [2.24, 2.45) is 0 Å². The zero-order chi connectivity index (χ0) is 19.2. The molecule has 0 atom stereocenters. The highest BCUT2D eigenvalue weighted by Gasteiger charge is 2.19. The lowest BCUT2D eigenvalue weighted by molar-refractivity contribution is -0.136. The molecule has 0 unspecified atom stereocenters. The first-order valence-corrected chi connectivity index (χ1v) is 8.94. The fourth-order valence-electron chi connectivity index (χ4n) is 2.76. The van der Waals surface area contributed by atoms with Crippen LogP contribution in [-0.2, 0) is 16.6 Å². The highest BCUT2D eigenvalue weighted by Crippen LogP contribution is 2.32. The fraction of sp³-hybridized carbons (Fsp3) is 0.409. The minimum absolute atomic E-state index is 0.00726. The van der Waals surface area contributed by atoms with E-state index in [-0.39, 0.29) is 11.8 Å². The summed E-state index contributed by atoms with van der Waals surface area (Å²) in [5.74, 6) is 0.801. The summed E-state index contributed by atoms with van der Waals surface area (Å²) in [5.41, 5.74) is 3.24. The van der Waals surface area contributed by atoms with Crippen molar-refractivity contribution >= 4 is 5.97 Å². The summed E-state index contributed by atoms with van der Waals surface area (Å²) in [6, 6.07) is 13.8. The van der Waals surface area contributed by atoms with E-state index >= 15 is 0 Å². The Kier molecular flexibility index (Phi) is 6.67. The molecule has 0 aliphatic rings. The van der Waals surface area contributed by atoms with Gasteiger partial charge in [0.1, 0.15) is 24.7 Å². The molecule has 2 aromatic carbocycles. The molecule has 140 valence electrons. The van der Waals surface area contributed by atoms with Gasteiger partial charge >= 0.3 is 5.97 Å². The van der Waals surface area contributed by atoms with Crippen LogP contribution in [-0.4, -0.2) is 24.3 Å². The summed E-state index contributed by atoms with van der Waals surface area (Å²) in [6.45, 7) is 9.38. The van der Waals surface area contributed by atoms with Crippen molar-refractivity contribution < 1.29 is 19.4 Å². The van der Waals surface area contributed by atoms with Gasteiger partial charge in [-0.1, -0.05) is 51.1 Å². The lowest BCUT2D eigenvalue weighted by atomic mass is 9.86. The second-order valence-electron chi connectivity index (χ2n) is 7.45. The smallest absolute Gasteiger partial charge is 0.303 e. The molecule has 1 N–H and O–H groups in total. The van der Waals surface area contributed by atoms with E-state index < -0.39 is 5.97 Å². The summed E-state index contributed by atoms with van der Waals surface area (Å²) in [7, 11) is 0. The Hall–Kier alpha value is -2.49. The Morgan fingerprint density at radius 2 is 1.65 bits per heavy atom. The highest BCUT2D eigenvalue weighted by atomic mass is 16.5. The van der Waals surface area contributed by atoms with E-state index in [1.165, 1.54) is 5.56 Å². The van der Waals surface area contributed by atoms with Crippen LogP contribution in [0.1, 0.15) is 43.9 Å². The first-order chi connectivity index (χ1) is 12.3. The lowest BCUT2D eigenvalue weighted by Crippen LogP contribution is -2.16. The van der Waals surface area contributed by atoms with Crippen LogP contribution in [0.5, 0.6) is 11.5 Å². The average molecular weight is 356 g/mol. The minimum Gasteiger partial charge on any atom is -0.490 e. The lowest BCUT2D eigenvalue weighted by Gasteiger charge is -2.23. The van der Waals surface area contributed by atoms with E-state index in [9.17, 15) is 4.79 Å². The van der Waals surface area contributed by atoms with Crippen LogP contribution in [0.3, 0.4) is 0 Å². The van der Waals surface area contributed by atoms with Gasteiger partial charge in [-0.25, -0.2) is 0 Å². The zero-order valence-electron chi connectivity index (χ0n) is 16.0. The van der Waals surface area contributed by atoms with Gasteiger partial charge in [0.25, 0.3) is 0 Å². The maximum atomic E-state index is 10.8. The third kappa shape index (κ3) is 5.80. The molecule has 0 amide bonds. The molecule has 4 heteroatoms. The number of aryl methyl sites for hydroxylation is 2. The van der Waals surface area contributed by atoms with Crippen LogP contribution in [0.2, 0.25) is 0 Å². The van der Waals surface area contributed by atoms with Crippen LogP contribution >= 0.6 is 0 Å². The number of hydrogen-bond donors (Lipinski definition) is 1. The normalized spacial score (nSPS) is 11.2. The molecule has 0 saturated carbocycles. The molecule has 0 saturated heterocycles. The Labute approximate surface area is 155 Å². The predicted molar refractivity (Wildman–Crippen MR) is 103 cm³/mol. The van der Waals surface area contributed by atoms with E-state index in [2.05, 4.69) is 45.9 Å². The molecule has 0 heterocycles. The van der Waals surface area contributed by atoms with Crippen LogP contribution in [0, 0.1) is 6.92 Å². The Morgan fingerprint density at radius 3 is 2.31 bits per heavy atom. The molecule has 26 heavy (non-hydrogen) atoms. The Bertz CT molecular complexity index is 744. The van der Waals surface area contributed by atoms with Crippen molar-refractivity contribution in [1.82, 2.24) is 0 Å². The van der Waals surface area contributed by atoms with Crippen molar-refractivity contribution in [1.29, 1.82) is 0 Å². The van der Waals surface area contributed by atoms with Gasteiger partial charge in [0.2, 0.25) is 0 Å². The van der Waals surface area contributed by atoms with Gasteiger partial charge in [-0.3, -0.25) is 4.79 Å².